The van der Waals surface area contributed by atoms with Gasteiger partial charge in [-0.25, -0.2) is 9.97 Å². The van der Waals surface area contributed by atoms with Crippen molar-refractivity contribution in [3.05, 3.63) is 57.6 Å². The Morgan fingerprint density at radius 2 is 1.85 bits per heavy atom. The van der Waals surface area contributed by atoms with Gasteiger partial charge in [0.25, 0.3) is 0 Å². The van der Waals surface area contributed by atoms with E-state index in [2.05, 4.69) is 9.97 Å². The standard InChI is InChI=1S/C15H16ClN3.ClH/c16-11-6-4-10(5-7-11)8-15-18-13-3-1-2-12(13)14(9-17)19-15;/h4-7H,1-3,8-9,17H2;1H. The molecule has 1 aromatic heterocycles. The summed E-state index contributed by atoms with van der Waals surface area (Å²) in [5.74, 6) is 0.864. The van der Waals surface area contributed by atoms with Gasteiger partial charge in [-0.1, -0.05) is 23.7 Å². The van der Waals surface area contributed by atoms with Crippen molar-refractivity contribution in [2.45, 2.75) is 32.2 Å². The average molecular weight is 310 g/mol. The van der Waals surface area contributed by atoms with E-state index < -0.39 is 0 Å². The molecule has 0 saturated carbocycles. The predicted octanol–water partition coefficient (Wildman–Crippen LogP) is 3.09. The number of nitrogens with zero attached hydrogens (tertiary/aromatic N) is 2. The Kier molecular flexibility index (Phi) is 4.97. The number of aromatic nitrogens is 2. The molecule has 3 nitrogen and oxygen atoms in total. The van der Waals surface area contributed by atoms with E-state index in [0.29, 0.717) is 6.54 Å². The number of aryl methyl sites for hydroxylation is 1. The highest BCUT2D eigenvalue weighted by molar-refractivity contribution is 6.30. The van der Waals surface area contributed by atoms with E-state index >= 15 is 0 Å². The predicted molar refractivity (Wildman–Crippen MR) is 83.5 cm³/mol. The van der Waals surface area contributed by atoms with Crippen molar-refractivity contribution in [1.29, 1.82) is 0 Å². The molecule has 3 rings (SSSR count). The molecule has 1 aliphatic rings. The minimum atomic E-state index is 0. The fraction of sp³-hybridized carbons (Fsp3) is 0.333. The molecule has 106 valence electrons. The van der Waals surface area contributed by atoms with Crippen LogP contribution >= 0.6 is 24.0 Å². The Balaban J connectivity index is 0.00000147. The molecule has 0 aliphatic heterocycles. The van der Waals surface area contributed by atoms with Crippen LogP contribution in [0.2, 0.25) is 5.02 Å². The molecule has 0 atom stereocenters. The van der Waals surface area contributed by atoms with Gasteiger partial charge in [-0.2, -0.15) is 0 Å². The maximum atomic E-state index is 5.89. The quantitative estimate of drug-likeness (QED) is 0.948. The number of nitrogens with two attached hydrogens (primary N) is 1. The van der Waals surface area contributed by atoms with Crippen LogP contribution in [0.1, 0.15) is 34.8 Å². The molecule has 0 radical (unpaired) electrons. The number of hydrogen-bond donors (Lipinski definition) is 1. The summed E-state index contributed by atoms with van der Waals surface area (Å²) in [5, 5.41) is 0.751. The lowest BCUT2D eigenvalue weighted by atomic mass is 10.1. The Labute approximate surface area is 130 Å². The summed E-state index contributed by atoms with van der Waals surface area (Å²) in [6.45, 7) is 0.498. The van der Waals surface area contributed by atoms with E-state index in [1.807, 2.05) is 24.3 Å². The average Bonchev–Trinajstić information content (AvgIpc) is 2.89. The second-order valence-electron chi connectivity index (χ2n) is 4.87. The van der Waals surface area contributed by atoms with Crippen LogP contribution in [-0.2, 0) is 25.8 Å². The zero-order valence-electron chi connectivity index (χ0n) is 11.1. The van der Waals surface area contributed by atoms with Gasteiger partial charge < -0.3 is 5.73 Å². The molecule has 2 N–H and O–H groups in total. The van der Waals surface area contributed by atoms with E-state index in [4.69, 9.17) is 17.3 Å². The Morgan fingerprint density at radius 1 is 1.10 bits per heavy atom. The van der Waals surface area contributed by atoms with Crippen molar-refractivity contribution < 1.29 is 0 Å². The Hall–Kier alpha value is -1.16. The minimum Gasteiger partial charge on any atom is -0.325 e. The van der Waals surface area contributed by atoms with Gasteiger partial charge in [-0.15, -0.1) is 12.4 Å². The van der Waals surface area contributed by atoms with Crippen LogP contribution in [0, 0.1) is 0 Å². The number of hydrogen-bond acceptors (Lipinski definition) is 3. The van der Waals surface area contributed by atoms with E-state index in [1.54, 1.807) is 0 Å². The third-order valence-electron chi connectivity index (χ3n) is 3.53. The van der Waals surface area contributed by atoms with E-state index in [1.165, 1.54) is 23.2 Å². The third kappa shape index (κ3) is 3.11. The zero-order chi connectivity index (χ0) is 13.2. The third-order valence-corrected chi connectivity index (χ3v) is 3.79. The highest BCUT2D eigenvalue weighted by Crippen LogP contribution is 2.23. The van der Waals surface area contributed by atoms with Crippen molar-refractivity contribution >= 4 is 24.0 Å². The lowest BCUT2D eigenvalue weighted by Gasteiger charge is -2.08. The van der Waals surface area contributed by atoms with Crippen molar-refractivity contribution in [2.24, 2.45) is 5.73 Å². The van der Waals surface area contributed by atoms with Gasteiger partial charge in [-0.3, -0.25) is 0 Å². The van der Waals surface area contributed by atoms with Gasteiger partial charge in [-0.05, 0) is 42.5 Å². The summed E-state index contributed by atoms with van der Waals surface area (Å²) in [6.07, 6.45) is 4.03. The number of rotatable bonds is 3. The van der Waals surface area contributed by atoms with E-state index in [-0.39, 0.29) is 12.4 Å². The molecular formula is C15H17Cl2N3. The number of halogens is 2. The molecule has 20 heavy (non-hydrogen) atoms. The molecule has 2 aromatic rings. The molecule has 0 saturated heterocycles. The van der Waals surface area contributed by atoms with Crippen LogP contribution in [0.4, 0.5) is 0 Å². The topological polar surface area (TPSA) is 51.8 Å². The molecule has 1 heterocycles. The first-order valence-electron chi connectivity index (χ1n) is 6.58. The van der Waals surface area contributed by atoms with Crippen molar-refractivity contribution in [3.63, 3.8) is 0 Å². The molecule has 0 fully saturated rings. The fourth-order valence-electron chi connectivity index (χ4n) is 2.60. The summed E-state index contributed by atoms with van der Waals surface area (Å²) in [4.78, 5) is 9.29. The second kappa shape index (κ2) is 6.53. The smallest absolute Gasteiger partial charge is 0.133 e. The summed E-state index contributed by atoms with van der Waals surface area (Å²) in [5.41, 5.74) is 10.5. The SMILES string of the molecule is Cl.NCc1nc(Cc2ccc(Cl)cc2)nc2c1CCC2. The number of fused-ring (bicyclic) bond motifs is 1. The summed E-state index contributed by atoms with van der Waals surface area (Å²) < 4.78 is 0. The molecule has 0 spiro atoms. The molecular weight excluding hydrogens is 293 g/mol. The summed E-state index contributed by atoms with van der Waals surface area (Å²) in [6, 6.07) is 7.82. The fourth-order valence-corrected chi connectivity index (χ4v) is 2.72. The molecule has 1 aliphatic carbocycles. The minimum absolute atomic E-state index is 0. The van der Waals surface area contributed by atoms with Crippen LogP contribution < -0.4 is 5.73 Å². The summed E-state index contributed by atoms with van der Waals surface area (Å²) >= 11 is 5.89. The van der Waals surface area contributed by atoms with Crippen molar-refractivity contribution in [2.75, 3.05) is 0 Å². The lowest BCUT2D eigenvalue weighted by molar-refractivity contribution is 0.855. The first-order chi connectivity index (χ1) is 9.26. The van der Waals surface area contributed by atoms with Crippen molar-refractivity contribution in [3.8, 4) is 0 Å². The highest BCUT2D eigenvalue weighted by atomic mass is 35.5. The normalized spacial score (nSPS) is 12.9. The molecule has 0 bridgehead atoms. The van der Waals surface area contributed by atoms with Gasteiger partial charge in [0.15, 0.2) is 0 Å². The van der Waals surface area contributed by atoms with Crippen LogP contribution in [-0.4, -0.2) is 9.97 Å². The molecule has 1 aromatic carbocycles. The molecule has 0 amide bonds. The maximum Gasteiger partial charge on any atom is 0.133 e. The highest BCUT2D eigenvalue weighted by Gasteiger charge is 2.18. The molecule has 5 heteroatoms. The van der Waals surface area contributed by atoms with Crippen LogP contribution in [0.15, 0.2) is 24.3 Å². The van der Waals surface area contributed by atoms with Gasteiger partial charge in [0.05, 0.1) is 5.69 Å². The Morgan fingerprint density at radius 3 is 2.55 bits per heavy atom. The largest absolute Gasteiger partial charge is 0.325 e. The summed E-state index contributed by atoms with van der Waals surface area (Å²) in [7, 11) is 0. The van der Waals surface area contributed by atoms with E-state index in [0.717, 1.165) is 35.8 Å². The first kappa shape index (κ1) is 15.2. The zero-order valence-corrected chi connectivity index (χ0v) is 12.7. The Bertz CT molecular complexity index is 597. The van der Waals surface area contributed by atoms with Crippen molar-refractivity contribution in [1.82, 2.24) is 9.97 Å². The van der Waals surface area contributed by atoms with Gasteiger partial charge in [0, 0.05) is 23.7 Å². The van der Waals surface area contributed by atoms with E-state index in [9.17, 15) is 0 Å². The van der Waals surface area contributed by atoms with Crippen LogP contribution in [0.3, 0.4) is 0 Å². The second-order valence-corrected chi connectivity index (χ2v) is 5.31. The van der Waals surface area contributed by atoms with Gasteiger partial charge >= 0.3 is 0 Å². The van der Waals surface area contributed by atoms with Gasteiger partial charge in [0.1, 0.15) is 5.82 Å². The van der Waals surface area contributed by atoms with Crippen LogP contribution in [0.25, 0.3) is 0 Å². The maximum absolute atomic E-state index is 5.89. The van der Waals surface area contributed by atoms with Crippen LogP contribution in [0.5, 0.6) is 0 Å². The monoisotopic (exact) mass is 309 g/mol. The number of benzene rings is 1. The molecule has 0 unspecified atom stereocenters. The first-order valence-corrected chi connectivity index (χ1v) is 6.96. The lowest BCUT2D eigenvalue weighted by Crippen LogP contribution is -2.10. The van der Waals surface area contributed by atoms with Gasteiger partial charge in [0.2, 0.25) is 0 Å².